The highest BCUT2D eigenvalue weighted by Crippen LogP contribution is 2.31. The quantitative estimate of drug-likeness (QED) is 0.890. The number of nitrogens with one attached hydrogen (secondary N) is 1. The van der Waals surface area contributed by atoms with Crippen LogP contribution in [0.25, 0.3) is 0 Å². The van der Waals surface area contributed by atoms with Gasteiger partial charge < -0.3 is 9.88 Å². The lowest BCUT2D eigenvalue weighted by Crippen LogP contribution is -2.13. The van der Waals surface area contributed by atoms with Gasteiger partial charge in [0.15, 0.2) is 0 Å². The average Bonchev–Trinajstić information content (AvgIpc) is 3.09. The Morgan fingerprint density at radius 3 is 2.95 bits per heavy atom. The molecule has 3 rings (SSSR count). The summed E-state index contributed by atoms with van der Waals surface area (Å²) in [6.45, 7) is 3.08. The van der Waals surface area contributed by atoms with Crippen LogP contribution in [-0.2, 0) is 6.42 Å². The van der Waals surface area contributed by atoms with Crippen LogP contribution in [0.3, 0.4) is 0 Å². The number of aromatic nitrogens is 2. The summed E-state index contributed by atoms with van der Waals surface area (Å²) in [4.78, 5) is 4.46. The van der Waals surface area contributed by atoms with Gasteiger partial charge in [-0.1, -0.05) is 42.7 Å². The lowest BCUT2D eigenvalue weighted by molar-refractivity contribution is 0.523. The van der Waals surface area contributed by atoms with Crippen molar-refractivity contribution in [3.05, 3.63) is 47.8 Å². The predicted octanol–water partition coefficient (Wildman–Crippen LogP) is 3.96. The van der Waals surface area contributed by atoms with E-state index in [2.05, 4.69) is 52.3 Å². The zero-order valence-electron chi connectivity index (χ0n) is 12.2. The highest BCUT2D eigenvalue weighted by Gasteiger charge is 2.18. The molecule has 0 unspecified atom stereocenters. The van der Waals surface area contributed by atoms with E-state index in [0.717, 1.165) is 18.9 Å². The molecule has 0 atom stereocenters. The number of rotatable bonds is 5. The lowest BCUT2D eigenvalue weighted by Gasteiger charge is -2.15. The van der Waals surface area contributed by atoms with Crippen LogP contribution in [0.1, 0.15) is 42.9 Å². The third-order valence-electron chi connectivity index (χ3n) is 4.17. The molecule has 1 fully saturated rings. The fourth-order valence-corrected chi connectivity index (χ4v) is 3.11. The molecule has 3 nitrogen and oxygen atoms in total. The number of aryl methyl sites for hydroxylation is 1. The molecular formula is C17H23N3. The molecule has 0 bridgehead atoms. The number of hydrogen-bond donors (Lipinski definition) is 1. The van der Waals surface area contributed by atoms with Gasteiger partial charge in [0.2, 0.25) is 5.95 Å². The van der Waals surface area contributed by atoms with Crippen molar-refractivity contribution in [2.24, 2.45) is 0 Å². The standard InChI is InChI=1S/C17H23N3/c1-14-5-4-6-15(13-14)9-10-18-17-19-11-12-20(17)16-7-2-3-8-16/h4-6,11-13,16H,2-3,7-10H2,1H3,(H,18,19). The number of imidazole rings is 1. The number of benzene rings is 1. The van der Waals surface area contributed by atoms with E-state index >= 15 is 0 Å². The fourth-order valence-electron chi connectivity index (χ4n) is 3.11. The first-order valence-electron chi connectivity index (χ1n) is 7.65. The van der Waals surface area contributed by atoms with Crippen molar-refractivity contribution in [1.82, 2.24) is 9.55 Å². The van der Waals surface area contributed by atoms with Crippen LogP contribution in [0.4, 0.5) is 5.95 Å². The molecule has 0 aliphatic heterocycles. The fraction of sp³-hybridized carbons (Fsp3) is 0.471. The number of nitrogens with zero attached hydrogens (tertiary/aromatic N) is 2. The summed E-state index contributed by atoms with van der Waals surface area (Å²) in [5.74, 6) is 1.03. The van der Waals surface area contributed by atoms with Crippen molar-refractivity contribution in [1.29, 1.82) is 0 Å². The molecule has 0 saturated heterocycles. The van der Waals surface area contributed by atoms with Gasteiger partial charge in [0.1, 0.15) is 0 Å². The van der Waals surface area contributed by atoms with Crippen molar-refractivity contribution < 1.29 is 0 Å². The number of hydrogen-bond acceptors (Lipinski definition) is 2. The molecule has 1 aromatic heterocycles. The first-order chi connectivity index (χ1) is 9.83. The summed E-state index contributed by atoms with van der Waals surface area (Å²) in [7, 11) is 0. The summed E-state index contributed by atoms with van der Waals surface area (Å²) >= 11 is 0. The van der Waals surface area contributed by atoms with E-state index in [4.69, 9.17) is 0 Å². The summed E-state index contributed by atoms with van der Waals surface area (Å²) in [6, 6.07) is 9.37. The molecule has 3 heteroatoms. The second-order valence-corrected chi connectivity index (χ2v) is 5.76. The molecular weight excluding hydrogens is 246 g/mol. The van der Waals surface area contributed by atoms with Gasteiger partial charge in [0.25, 0.3) is 0 Å². The minimum absolute atomic E-state index is 0.652. The van der Waals surface area contributed by atoms with Crippen molar-refractivity contribution in [3.63, 3.8) is 0 Å². The van der Waals surface area contributed by atoms with Crippen molar-refractivity contribution in [2.75, 3.05) is 11.9 Å². The summed E-state index contributed by atoms with van der Waals surface area (Å²) in [5, 5.41) is 3.49. The van der Waals surface area contributed by atoms with E-state index in [9.17, 15) is 0 Å². The lowest BCUT2D eigenvalue weighted by atomic mass is 10.1. The topological polar surface area (TPSA) is 29.9 Å². The molecule has 1 heterocycles. The maximum atomic E-state index is 4.46. The molecule has 1 aliphatic carbocycles. The van der Waals surface area contributed by atoms with E-state index in [1.54, 1.807) is 0 Å². The third-order valence-corrected chi connectivity index (χ3v) is 4.17. The monoisotopic (exact) mass is 269 g/mol. The normalized spacial score (nSPS) is 15.7. The largest absolute Gasteiger partial charge is 0.355 e. The predicted molar refractivity (Wildman–Crippen MR) is 83.1 cm³/mol. The van der Waals surface area contributed by atoms with Crippen molar-refractivity contribution in [2.45, 2.75) is 45.1 Å². The van der Waals surface area contributed by atoms with Gasteiger partial charge in [-0.15, -0.1) is 0 Å². The van der Waals surface area contributed by atoms with Gasteiger partial charge in [0, 0.05) is 25.0 Å². The van der Waals surface area contributed by atoms with Gasteiger partial charge in [0.05, 0.1) is 0 Å². The maximum Gasteiger partial charge on any atom is 0.203 e. The minimum Gasteiger partial charge on any atom is -0.355 e. The first-order valence-corrected chi connectivity index (χ1v) is 7.65. The van der Waals surface area contributed by atoms with E-state index in [1.807, 2.05) is 6.20 Å². The van der Waals surface area contributed by atoms with E-state index in [1.165, 1.54) is 36.8 Å². The van der Waals surface area contributed by atoms with Gasteiger partial charge in [-0.25, -0.2) is 4.98 Å². The molecule has 20 heavy (non-hydrogen) atoms. The zero-order valence-corrected chi connectivity index (χ0v) is 12.2. The van der Waals surface area contributed by atoms with Crippen LogP contribution in [0, 0.1) is 6.92 Å². The van der Waals surface area contributed by atoms with Crippen molar-refractivity contribution >= 4 is 5.95 Å². The minimum atomic E-state index is 0.652. The molecule has 0 amide bonds. The highest BCUT2D eigenvalue weighted by molar-refractivity contribution is 5.28. The third kappa shape index (κ3) is 3.03. The van der Waals surface area contributed by atoms with Crippen LogP contribution in [0.2, 0.25) is 0 Å². The molecule has 2 aromatic rings. The molecule has 0 radical (unpaired) electrons. The van der Waals surface area contributed by atoms with Gasteiger partial charge in [-0.05, 0) is 31.7 Å². The zero-order chi connectivity index (χ0) is 13.8. The van der Waals surface area contributed by atoms with Crippen molar-refractivity contribution in [3.8, 4) is 0 Å². The number of anilines is 1. The molecule has 1 aliphatic rings. The van der Waals surface area contributed by atoms with Crippen LogP contribution >= 0.6 is 0 Å². The highest BCUT2D eigenvalue weighted by atomic mass is 15.2. The van der Waals surface area contributed by atoms with Gasteiger partial charge in [-0.2, -0.15) is 0 Å². The summed E-state index contributed by atoms with van der Waals surface area (Å²) in [5.41, 5.74) is 2.71. The van der Waals surface area contributed by atoms with E-state index in [0.29, 0.717) is 6.04 Å². The molecule has 1 saturated carbocycles. The second-order valence-electron chi connectivity index (χ2n) is 5.76. The maximum absolute atomic E-state index is 4.46. The van der Waals surface area contributed by atoms with Crippen LogP contribution in [0.5, 0.6) is 0 Å². The molecule has 106 valence electrons. The smallest absolute Gasteiger partial charge is 0.203 e. The Morgan fingerprint density at radius 1 is 1.30 bits per heavy atom. The van der Waals surface area contributed by atoms with Crippen LogP contribution in [-0.4, -0.2) is 16.1 Å². The van der Waals surface area contributed by atoms with Crippen LogP contribution < -0.4 is 5.32 Å². The Hall–Kier alpha value is -1.77. The Labute approximate surface area is 121 Å². The summed E-state index contributed by atoms with van der Waals surface area (Å²) < 4.78 is 2.32. The first kappa shape index (κ1) is 13.2. The van der Waals surface area contributed by atoms with Crippen LogP contribution in [0.15, 0.2) is 36.7 Å². The molecule has 1 aromatic carbocycles. The summed E-state index contributed by atoms with van der Waals surface area (Å²) in [6.07, 6.45) is 10.4. The Kier molecular flexibility index (Phi) is 4.05. The van der Waals surface area contributed by atoms with Gasteiger partial charge in [-0.3, -0.25) is 0 Å². The molecule has 1 N–H and O–H groups in total. The van der Waals surface area contributed by atoms with Gasteiger partial charge >= 0.3 is 0 Å². The Morgan fingerprint density at radius 2 is 2.15 bits per heavy atom. The second kappa shape index (κ2) is 6.12. The molecule has 0 spiro atoms. The van der Waals surface area contributed by atoms with E-state index in [-0.39, 0.29) is 0 Å². The Balaban J connectivity index is 1.57. The average molecular weight is 269 g/mol. The Bertz CT molecular complexity index is 553. The van der Waals surface area contributed by atoms with E-state index < -0.39 is 0 Å². The SMILES string of the molecule is Cc1cccc(CCNc2nccn2C2CCCC2)c1.